The summed E-state index contributed by atoms with van der Waals surface area (Å²) in [6, 6.07) is 0. The van der Waals surface area contributed by atoms with Crippen molar-refractivity contribution in [2.24, 2.45) is 5.92 Å². The number of amides is 1. The highest BCUT2D eigenvalue weighted by Gasteiger charge is 2.25. The van der Waals surface area contributed by atoms with E-state index in [4.69, 9.17) is 16.3 Å². The van der Waals surface area contributed by atoms with E-state index in [-0.39, 0.29) is 11.8 Å². The van der Waals surface area contributed by atoms with E-state index in [2.05, 4.69) is 0 Å². The minimum atomic E-state index is 0.230. The molecule has 0 aliphatic heterocycles. The third-order valence-corrected chi connectivity index (χ3v) is 3.35. The molecule has 1 aliphatic carbocycles. The molecule has 0 N–H and O–H groups in total. The van der Waals surface area contributed by atoms with Gasteiger partial charge in [-0.25, -0.2) is 0 Å². The highest BCUT2D eigenvalue weighted by Crippen LogP contribution is 2.25. The summed E-state index contributed by atoms with van der Waals surface area (Å²) in [4.78, 5) is 14.1. The molecule has 0 unspecified atom stereocenters. The molecule has 1 fully saturated rings. The van der Waals surface area contributed by atoms with Crippen LogP contribution in [0.2, 0.25) is 0 Å². The molecule has 1 saturated carbocycles. The van der Waals surface area contributed by atoms with Crippen LogP contribution in [0.4, 0.5) is 0 Å². The fraction of sp³-hybridized carbons (Fsp3) is 0.917. The van der Waals surface area contributed by atoms with Gasteiger partial charge in [0, 0.05) is 32.0 Å². The van der Waals surface area contributed by atoms with Crippen molar-refractivity contribution in [3.63, 3.8) is 0 Å². The van der Waals surface area contributed by atoms with Gasteiger partial charge in [-0.05, 0) is 12.8 Å². The van der Waals surface area contributed by atoms with Crippen molar-refractivity contribution in [3.05, 3.63) is 0 Å². The first-order valence-corrected chi connectivity index (χ1v) is 6.66. The Bertz CT molecular complexity index is 205. The first-order chi connectivity index (χ1) is 7.79. The molecule has 0 aromatic rings. The van der Waals surface area contributed by atoms with Crippen LogP contribution in [0.3, 0.4) is 0 Å². The van der Waals surface area contributed by atoms with Gasteiger partial charge in [0.1, 0.15) is 0 Å². The molecule has 1 aliphatic rings. The van der Waals surface area contributed by atoms with Gasteiger partial charge < -0.3 is 9.64 Å². The van der Waals surface area contributed by atoms with Gasteiger partial charge in [-0.15, -0.1) is 11.6 Å². The molecule has 1 amide bonds. The lowest BCUT2D eigenvalue weighted by molar-refractivity contribution is -0.136. The first-order valence-electron chi connectivity index (χ1n) is 6.13. The van der Waals surface area contributed by atoms with E-state index in [1.165, 1.54) is 19.3 Å². The molecule has 0 aromatic heterocycles. The first kappa shape index (κ1) is 13.8. The zero-order valence-electron chi connectivity index (χ0n) is 10.1. The molecule has 16 heavy (non-hydrogen) atoms. The minimum Gasteiger partial charge on any atom is -0.383 e. The molecule has 0 atom stereocenters. The molecular formula is C12H22ClNO2. The number of carbonyl (C=O) groups is 1. The van der Waals surface area contributed by atoms with Crippen LogP contribution in [0, 0.1) is 5.92 Å². The fourth-order valence-corrected chi connectivity index (χ4v) is 2.45. The standard InChI is InChI=1S/C12H22ClNO2/c1-16-10-9-14(8-7-13)12(15)11-5-3-2-4-6-11/h11H,2-10H2,1H3. The predicted octanol–water partition coefficient (Wildman–Crippen LogP) is 2.28. The Morgan fingerprint density at radius 3 is 2.56 bits per heavy atom. The summed E-state index contributed by atoms with van der Waals surface area (Å²) in [6.07, 6.45) is 5.75. The Labute approximate surface area is 103 Å². The molecule has 0 aromatic carbocycles. The summed E-state index contributed by atoms with van der Waals surface area (Å²) < 4.78 is 5.02. The maximum Gasteiger partial charge on any atom is 0.225 e. The van der Waals surface area contributed by atoms with Crippen LogP contribution in [-0.2, 0) is 9.53 Å². The number of carbonyl (C=O) groups excluding carboxylic acids is 1. The number of ether oxygens (including phenoxy) is 1. The van der Waals surface area contributed by atoms with Crippen molar-refractivity contribution >= 4 is 17.5 Å². The number of methoxy groups -OCH3 is 1. The third kappa shape index (κ3) is 4.30. The van der Waals surface area contributed by atoms with Gasteiger partial charge in [0.25, 0.3) is 0 Å². The fourth-order valence-electron chi connectivity index (χ4n) is 2.24. The largest absolute Gasteiger partial charge is 0.383 e. The SMILES string of the molecule is COCCN(CCCl)C(=O)C1CCCCC1. The lowest BCUT2D eigenvalue weighted by Crippen LogP contribution is -2.40. The second kappa shape index (κ2) is 7.91. The maximum absolute atomic E-state index is 12.2. The average Bonchev–Trinajstić information content (AvgIpc) is 2.35. The average molecular weight is 248 g/mol. The zero-order valence-corrected chi connectivity index (χ0v) is 10.8. The molecule has 0 spiro atoms. The smallest absolute Gasteiger partial charge is 0.225 e. The van der Waals surface area contributed by atoms with Crippen LogP contribution in [0.25, 0.3) is 0 Å². The normalized spacial score (nSPS) is 17.4. The van der Waals surface area contributed by atoms with E-state index in [0.717, 1.165) is 12.8 Å². The van der Waals surface area contributed by atoms with Gasteiger partial charge in [0.15, 0.2) is 0 Å². The second-order valence-corrected chi connectivity index (χ2v) is 4.72. The summed E-state index contributed by atoms with van der Waals surface area (Å²) in [5, 5.41) is 0. The van der Waals surface area contributed by atoms with Crippen molar-refractivity contribution < 1.29 is 9.53 Å². The Morgan fingerprint density at radius 1 is 1.31 bits per heavy atom. The molecule has 0 heterocycles. The van der Waals surface area contributed by atoms with E-state index >= 15 is 0 Å². The van der Waals surface area contributed by atoms with Crippen molar-refractivity contribution in [1.29, 1.82) is 0 Å². The van der Waals surface area contributed by atoms with Gasteiger partial charge in [-0.1, -0.05) is 19.3 Å². The lowest BCUT2D eigenvalue weighted by atomic mass is 9.88. The molecule has 3 nitrogen and oxygen atoms in total. The minimum absolute atomic E-state index is 0.230. The molecule has 4 heteroatoms. The number of rotatable bonds is 6. The number of halogens is 1. The number of alkyl halides is 1. The summed E-state index contributed by atoms with van der Waals surface area (Å²) in [6.45, 7) is 1.90. The Hall–Kier alpha value is -0.280. The molecule has 0 bridgehead atoms. The predicted molar refractivity (Wildman–Crippen MR) is 65.8 cm³/mol. The second-order valence-electron chi connectivity index (χ2n) is 4.34. The quantitative estimate of drug-likeness (QED) is 0.674. The Kier molecular flexibility index (Phi) is 6.81. The van der Waals surface area contributed by atoms with Crippen LogP contribution in [0.1, 0.15) is 32.1 Å². The molecule has 0 radical (unpaired) electrons. The highest BCUT2D eigenvalue weighted by atomic mass is 35.5. The van der Waals surface area contributed by atoms with Crippen molar-refractivity contribution in [3.8, 4) is 0 Å². The molecule has 0 saturated heterocycles. The van der Waals surface area contributed by atoms with Gasteiger partial charge in [0.05, 0.1) is 6.61 Å². The molecular weight excluding hydrogens is 226 g/mol. The maximum atomic E-state index is 12.2. The molecule has 1 rings (SSSR count). The Morgan fingerprint density at radius 2 is 2.00 bits per heavy atom. The van der Waals surface area contributed by atoms with E-state index in [1.807, 2.05) is 4.90 Å². The van der Waals surface area contributed by atoms with Gasteiger partial charge in [-0.2, -0.15) is 0 Å². The van der Waals surface area contributed by atoms with E-state index in [9.17, 15) is 4.79 Å². The van der Waals surface area contributed by atoms with E-state index in [1.54, 1.807) is 7.11 Å². The summed E-state index contributed by atoms with van der Waals surface area (Å²) >= 11 is 5.72. The number of hydrogen-bond acceptors (Lipinski definition) is 2. The van der Waals surface area contributed by atoms with Gasteiger partial charge >= 0.3 is 0 Å². The summed E-state index contributed by atoms with van der Waals surface area (Å²) in [7, 11) is 1.66. The summed E-state index contributed by atoms with van der Waals surface area (Å²) in [5.41, 5.74) is 0. The number of nitrogens with zero attached hydrogens (tertiary/aromatic N) is 1. The van der Waals surface area contributed by atoms with Gasteiger partial charge in [-0.3, -0.25) is 4.79 Å². The van der Waals surface area contributed by atoms with Crippen LogP contribution in [0.5, 0.6) is 0 Å². The van der Waals surface area contributed by atoms with Crippen LogP contribution in [-0.4, -0.2) is 43.5 Å². The van der Waals surface area contributed by atoms with Crippen LogP contribution < -0.4 is 0 Å². The number of hydrogen-bond donors (Lipinski definition) is 0. The van der Waals surface area contributed by atoms with Crippen LogP contribution >= 0.6 is 11.6 Å². The van der Waals surface area contributed by atoms with Crippen molar-refractivity contribution in [1.82, 2.24) is 4.90 Å². The van der Waals surface area contributed by atoms with E-state index < -0.39 is 0 Å². The van der Waals surface area contributed by atoms with Crippen molar-refractivity contribution in [2.75, 3.05) is 32.7 Å². The van der Waals surface area contributed by atoms with Gasteiger partial charge in [0.2, 0.25) is 5.91 Å². The lowest BCUT2D eigenvalue weighted by Gasteiger charge is -2.28. The summed E-state index contributed by atoms with van der Waals surface area (Å²) in [5.74, 6) is 1.01. The highest BCUT2D eigenvalue weighted by molar-refractivity contribution is 6.18. The zero-order chi connectivity index (χ0) is 11.8. The monoisotopic (exact) mass is 247 g/mol. The van der Waals surface area contributed by atoms with E-state index in [0.29, 0.717) is 25.6 Å². The van der Waals surface area contributed by atoms with Crippen LogP contribution in [0.15, 0.2) is 0 Å². The third-order valence-electron chi connectivity index (χ3n) is 3.19. The topological polar surface area (TPSA) is 29.5 Å². The Balaban J connectivity index is 2.44. The molecule has 94 valence electrons. The van der Waals surface area contributed by atoms with Crippen molar-refractivity contribution in [2.45, 2.75) is 32.1 Å².